The third-order valence-electron chi connectivity index (χ3n) is 7.55. The third kappa shape index (κ3) is 6.95. The lowest BCUT2D eigenvalue weighted by atomic mass is 10.1. The number of aromatic hydroxyl groups is 1. The molecule has 0 aliphatic carbocycles. The minimum Gasteiger partial charge on any atom is -0.505 e. The molecule has 0 saturated heterocycles. The molecule has 0 aromatic heterocycles. The Kier molecular flexibility index (Phi) is 8.83. The van der Waals surface area contributed by atoms with Crippen molar-refractivity contribution >= 4 is 75.9 Å². The minimum absolute atomic E-state index is 0.0600. The molecule has 0 unspecified atom stereocenters. The fourth-order valence-corrected chi connectivity index (χ4v) is 6.47. The largest absolute Gasteiger partial charge is 0.505 e. The second-order valence-corrected chi connectivity index (χ2v) is 13.6. The first-order chi connectivity index (χ1) is 23.3. The molecule has 6 aromatic carbocycles. The molecule has 0 radical (unpaired) electrons. The second-order valence-electron chi connectivity index (χ2n) is 10.8. The Morgan fingerprint density at radius 1 is 0.612 bits per heavy atom. The van der Waals surface area contributed by atoms with Gasteiger partial charge < -0.3 is 15.2 Å². The highest BCUT2D eigenvalue weighted by molar-refractivity contribution is 7.86. The van der Waals surface area contributed by atoms with E-state index in [0.29, 0.717) is 27.4 Å². The zero-order chi connectivity index (χ0) is 34.9. The summed E-state index contributed by atoms with van der Waals surface area (Å²) in [6.07, 6.45) is 0. The van der Waals surface area contributed by atoms with Gasteiger partial charge in [-0.05, 0) is 71.8 Å². The molecule has 4 N–H and O–H groups in total. The van der Waals surface area contributed by atoms with Gasteiger partial charge in [-0.15, -0.1) is 15.3 Å². The van der Waals surface area contributed by atoms with Gasteiger partial charge in [-0.2, -0.15) is 21.9 Å². The Labute approximate surface area is 280 Å². The summed E-state index contributed by atoms with van der Waals surface area (Å²) in [6.45, 7) is 1.66. The van der Waals surface area contributed by atoms with Gasteiger partial charge in [0, 0.05) is 28.2 Å². The Morgan fingerprint density at radius 3 is 2.00 bits per heavy atom. The average molecular weight is 698 g/mol. The molecule has 13 nitrogen and oxygen atoms in total. The summed E-state index contributed by atoms with van der Waals surface area (Å²) in [5.41, 5.74) is 1.72. The highest BCUT2D eigenvalue weighted by atomic mass is 32.2. The monoisotopic (exact) mass is 697 g/mol. The van der Waals surface area contributed by atoms with Crippen molar-refractivity contribution in [2.45, 2.75) is 16.7 Å². The summed E-state index contributed by atoms with van der Waals surface area (Å²) in [6, 6.07) is 28.0. The van der Waals surface area contributed by atoms with Crippen LogP contribution in [0.5, 0.6) is 11.5 Å². The van der Waals surface area contributed by atoms with Crippen LogP contribution in [0.2, 0.25) is 0 Å². The summed E-state index contributed by atoms with van der Waals surface area (Å²) in [7, 11) is -8.15. The van der Waals surface area contributed by atoms with Crippen LogP contribution < -0.4 is 10.1 Å². The number of aryl methyl sites for hydroxylation is 1. The van der Waals surface area contributed by atoms with Crippen LogP contribution in [0.1, 0.15) is 5.56 Å². The normalized spacial score (nSPS) is 12.3. The minimum atomic E-state index is -4.87. The first-order valence-corrected chi connectivity index (χ1v) is 17.3. The zero-order valence-corrected chi connectivity index (χ0v) is 27.4. The van der Waals surface area contributed by atoms with Gasteiger partial charge in [-0.1, -0.05) is 48.5 Å². The van der Waals surface area contributed by atoms with Crippen LogP contribution in [0.4, 0.5) is 34.1 Å². The number of fused-ring (bicyclic) bond motifs is 2. The number of phenols is 1. The van der Waals surface area contributed by atoms with E-state index in [1.165, 1.54) is 31.4 Å². The predicted molar refractivity (Wildman–Crippen MR) is 185 cm³/mol. The molecule has 0 amide bonds. The van der Waals surface area contributed by atoms with Crippen molar-refractivity contribution < 1.29 is 35.8 Å². The van der Waals surface area contributed by atoms with Crippen molar-refractivity contribution in [1.29, 1.82) is 0 Å². The number of nitrogens with one attached hydrogen (secondary N) is 1. The van der Waals surface area contributed by atoms with Crippen LogP contribution in [-0.4, -0.2) is 38.2 Å². The van der Waals surface area contributed by atoms with E-state index in [0.717, 1.165) is 5.69 Å². The van der Waals surface area contributed by atoms with E-state index < -0.39 is 41.5 Å². The number of nitrogens with zero attached hydrogens (tertiary/aromatic N) is 4. The fourth-order valence-electron chi connectivity index (χ4n) is 5.18. The molecule has 49 heavy (non-hydrogen) atoms. The SMILES string of the molecule is COc1cc(N=Nc2c(S(=O)(=O)O)ccc3ccccc23)c(C)cc1N=Nc1c(S(=O)(=O)O)cc2cc(Nc3ccccc3)ccc2c1O. The highest BCUT2D eigenvalue weighted by Crippen LogP contribution is 2.44. The van der Waals surface area contributed by atoms with E-state index in [1.54, 1.807) is 55.5 Å². The van der Waals surface area contributed by atoms with Gasteiger partial charge in [0.2, 0.25) is 0 Å². The number of anilines is 2. The van der Waals surface area contributed by atoms with Crippen molar-refractivity contribution in [1.82, 2.24) is 0 Å². The second kappa shape index (κ2) is 13.0. The Bertz CT molecular complexity index is 2540. The first kappa shape index (κ1) is 33.2. The van der Waals surface area contributed by atoms with Gasteiger partial charge in [0.25, 0.3) is 20.2 Å². The van der Waals surface area contributed by atoms with Crippen LogP contribution in [0.15, 0.2) is 133 Å². The van der Waals surface area contributed by atoms with Gasteiger partial charge in [-0.25, -0.2) is 0 Å². The van der Waals surface area contributed by atoms with Gasteiger partial charge in [0.05, 0.1) is 12.8 Å². The lowest BCUT2D eigenvalue weighted by molar-refractivity contribution is 0.416. The van der Waals surface area contributed by atoms with E-state index in [1.807, 2.05) is 30.3 Å². The van der Waals surface area contributed by atoms with E-state index in [4.69, 9.17) is 4.74 Å². The molecule has 0 bridgehead atoms. The number of rotatable bonds is 9. The summed E-state index contributed by atoms with van der Waals surface area (Å²) in [5, 5.41) is 32.6. The lowest BCUT2D eigenvalue weighted by Crippen LogP contribution is -1.99. The van der Waals surface area contributed by atoms with Crippen molar-refractivity contribution in [3.05, 3.63) is 109 Å². The zero-order valence-electron chi connectivity index (χ0n) is 25.8. The molecular formula is C34H27N5O8S2. The van der Waals surface area contributed by atoms with E-state index in [-0.39, 0.29) is 28.2 Å². The van der Waals surface area contributed by atoms with Crippen LogP contribution in [0.25, 0.3) is 21.5 Å². The maximum atomic E-state index is 12.4. The molecule has 0 aliphatic heterocycles. The number of hydrogen-bond donors (Lipinski definition) is 4. The molecular weight excluding hydrogens is 671 g/mol. The van der Waals surface area contributed by atoms with Gasteiger partial charge in [0.1, 0.15) is 32.6 Å². The maximum Gasteiger partial charge on any atom is 0.296 e. The van der Waals surface area contributed by atoms with E-state index >= 15 is 0 Å². The lowest BCUT2D eigenvalue weighted by Gasteiger charge is -2.12. The first-order valence-electron chi connectivity index (χ1n) is 14.4. The fraction of sp³-hybridized carbons (Fsp3) is 0.0588. The van der Waals surface area contributed by atoms with Gasteiger partial charge >= 0.3 is 0 Å². The van der Waals surface area contributed by atoms with Crippen molar-refractivity contribution in [3.8, 4) is 11.5 Å². The molecule has 248 valence electrons. The smallest absolute Gasteiger partial charge is 0.296 e. The highest BCUT2D eigenvalue weighted by Gasteiger charge is 2.23. The molecule has 6 rings (SSSR count). The summed E-state index contributed by atoms with van der Waals surface area (Å²) in [5.74, 6) is -0.396. The Morgan fingerprint density at radius 2 is 1.29 bits per heavy atom. The summed E-state index contributed by atoms with van der Waals surface area (Å²) >= 11 is 0. The molecule has 0 spiro atoms. The molecule has 0 heterocycles. The standard InChI is InChI=1S/C34H27N5O8S2/c1-20-16-28(29(47-2)19-27(20)36-38-32-25-11-7-6-8-21(25)12-15-30(32)48(41,42)43)37-39-33-31(49(44,45)46)18-22-17-24(13-14-26(22)34(33)40)35-23-9-4-3-5-10-23/h3-19,35,40H,1-2H3,(H,41,42,43)(H,44,45,46). The number of azo groups is 2. The Balaban J connectivity index is 1.39. The number of hydrogen-bond acceptors (Lipinski definition) is 11. The van der Waals surface area contributed by atoms with Crippen molar-refractivity contribution in [2.24, 2.45) is 20.5 Å². The molecule has 15 heteroatoms. The topological polar surface area (TPSA) is 200 Å². The average Bonchev–Trinajstić information content (AvgIpc) is 3.06. The number of methoxy groups -OCH3 is 1. The van der Waals surface area contributed by atoms with Crippen molar-refractivity contribution in [3.63, 3.8) is 0 Å². The molecule has 6 aromatic rings. The molecule has 0 aliphatic rings. The van der Waals surface area contributed by atoms with Crippen LogP contribution in [0.3, 0.4) is 0 Å². The quantitative estimate of drug-likeness (QED) is 0.0840. The molecule has 0 fully saturated rings. The number of benzene rings is 6. The van der Waals surface area contributed by atoms with E-state index in [2.05, 4.69) is 25.8 Å². The Hall–Kier alpha value is -5.74. The van der Waals surface area contributed by atoms with Crippen LogP contribution >= 0.6 is 0 Å². The van der Waals surface area contributed by atoms with Gasteiger partial charge in [-0.3, -0.25) is 9.11 Å². The third-order valence-corrected chi connectivity index (χ3v) is 9.30. The van der Waals surface area contributed by atoms with Crippen LogP contribution in [0, 0.1) is 6.92 Å². The molecule has 0 saturated carbocycles. The van der Waals surface area contributed by atoms with Crippen LogP contribution in [-0.2, 0) is 20.2 Å². The summed E-state index contributed by atoms with van der Waals surface area (Å²) in [4.78, 5) is -1.08. The maximum absolute atomic E-state index is 12.4. The number of para-hydroxylation sites is 1. The number of phenolic OH excluding ortho intramolecular Hbond substituents is 1. The van der Waals surface area contributed by atoms with Gasteiger partial charge in [0.15, 0.2) is 5.75 Å². The number of ether oxygens (including phenoxy) is 1. The summed E-state index contributed by atoms with van der Waals surface area (Å²) < 4.78 is 74.5. The van der Waals surface area contributed by atoms with E-state index in [9.17, 15) is 31.0 Å². The molecule has 0 atom stereocenters. The van der Waals surface area contributed by atoms with Crippen molar-refractivity contribution in [2.75, 3.05) is 12.4 Å². The predicted octanol–water partition coefficient (Wildman–Crippen LogP) is 9.08.